The third-order valence-electron chi connectivity index (χ3n) is 10.6. The summed E-state index contributed by atoms with van der Waals surface area (Å²) in [5.41, 5.74) is 14.2. The first-order valence-corrected chi connectivity index (χ1v) is 18.0. The summed E-state index contributed by atoms with van der Waals surface area (Å²) in [4.78, 5) is 0. The minimum atomic E-state index is 0.632. The van der Waals surface area contributed by atoms with Gasteiger partial charge in [0.15, 0.2) is 0 Å². The highest BCUT2D eigenvalue weighted by Crippen LogP contribution is 2.44. The molecule has 10 aromatic rings. The Morgan fingerprint density at radius 2 is 0.907 bits per heavy atom. The summed E-state index contributed by atoms with van der Waals surface area (Å²) in [6, 6.07) is 67.9. The molecule has 0 aliphatic heterocycles. The second-order valence-corrected chi connectivity index (χ2v) is 13.5. The normalized spacial score (nSPS) is 11.3. The molecule has 2 heterocycles. The molecule has 250 valence electrons. The molecule has 0 atom stereocenters. The van der Waals surface area contributed by atoms with Crippen LogP contribution < -0.4 is 0 Å². The highest BCUT2D eigenvalue weighted by molar-refractivity contribution is 6.15. The monoisotopic (exact) mass is 686 g/mol. The van der Waals surface area contributed by atoms with Gasteiger partial charge < -0.3 is 9.13 Å². The molecule has 0 aliphatic rings. The van der Waals surface area contributed by atoms with Gasteiger partial charge in [-0.05, 0) is 82.4 Å². The number of hydrogen-bond donors (Lipinski definition) is 0. The van der Waals surface area contributed by atoms with Crippen molar-refractivity contribution in [2.75, 3.05) is 0 Å². The van der Waals surface area contributed by atoms with Gasteiger partial charge in [0.2, 0.25) is 0 Å². The molecule has 0 N–H and O–H groups in total. The number of para-hydroxylation sites is 4. The van der Waals surface area contributed by atoms with E-state index in [2.05, 4.69) is 155 Å². The first-order chi connectivity index (χ1) is 26.7. The van der Waals surface area contributed by atoms with Crippen LogP contribution in [0.25, 0.3) is 88.4 Å². The maximum atomic E-state index is 10.1. The standard InChI is InChI=1S/C50H30N4/c51-31-33-24-27-36(28-25-33)53-47-22-9-7-18-42(47)45-20-11-19-44(50(45)53)40-16-5-4-15-39(40)38-14-3-2-13-37(38)34-26-29-43-41-17-6-10-23-48(41)54(49(43)30-34)46-21-8-1-12-35(46)32-52/h1-30H. The van der Waals surface area contributed by atoms with Crippen LogP contribution >= 0.6 is 0 Å². The molecule has 2 aromatic heterocycles. The lowest BCUT2D eigenvalue weighted by molar-refractivity contribution is 1.17. The summed E-state index contributed by atoms with van der Waals surface area (Å²) in [5.74, 6) is 0. The second kappa shape index (κ2) is 12.5. The molecule has 0 saturated heterocycles. The SMILES string of the molecule is N#Cc1ccc(-n2c3ccccc3c3cccc(-c4ccccc4-c4ccccc4-c4ccc5c6ccccc6n(-c6ccccc6C#N)c5c4)c32)cc1. The third kappa shape index (κ3) is 4.76. The van der Waals surface area contributed by atoms with E-state index in [4.69, 9.17) is 0 Å². The van der Waals surface area contributed by atoms with Crippen LogP contribution in [0.4, 0.5) is 0 Å². The zero-order valence-corrected chi connectivity index (χ0v) is 29.1. The Morgan fingerprint density at radius 3 is 1.63 bits per heavy atom. The smallest absolute Gasteiger partial charge is 0.101 e. The summed E-state index contributed by atoms with van der Waals surface area (Å²) in [6.07, 6.45) is 0. The van der Waals surface area contributed by atoms with Crippen molar-refractivity contribution in [1.82, 2.24) is 9.13 Å². The molecule has 10 rings (SSSR count). The van der Waals surface area contributed by atoms with Gasteiger partial charge in [-0.15, -0.1) is 0 Å². The van der Waals surface area contributed by atoms with E-state index in [9.17, 15) is 10.5 Å². The quantitative estimate of drug-likeness (QED) is 0.181. The van der Waals surface area contributed by atoms with E-state index in [0.717, 1.165) is 77.6 Å². The van der Waals surface area contributed by atoms with Crippen molar-refractivity contribution in [1.29, 1.82) is 10.5 Å². The van der Waals surface area contributed by atoms with Crippen molar-refractivity contribution < 1.29 is 0 Å². The lowest BCUT2D eigenvalue weighted by Crippen LogP contribution is -1.97. The minimum absolute atomic E-state index is 0.632. The number of aromatic nitrogens is 2. The van der Waals surface area contributed by atoms with Gasteiger partial charge >= 0.3 is 0 Å². The van der Waals surface area contributed by atoms with Gasteiger partial charge in [-0.1, -0.05) is 127 Å². The van der Waals surface area contributed by atoms with Crippen molar-refractivity contribution in [2.45, 2.75) is 0 Å². The molecule has 4 nitrogen and oxygen atoms in total. The molecule has 54 heavy (non-hydrogen) atoms. The Hall–Kier alpha value is -7.66. The van der Waals surface area contributed by atoms with Crippen molar-refractivity contribution in [3.05, 3.63) is 193 Å². The molecule has 0 unspecified atom stereocenters. The predicted octanol–water partition coefficient (Wildman–Crippen LogP) is 12.6. The average molecular weight is 687 g/mol. The topological polar surface area (TPSA) is 57.4 Å². The molecule has 0 bridgehead atoms. The van der Waals surface area contributed by atoms with Crippen molar-refractivity contribution >= 4 is 43.6 Å². The number of benzene rings is 8. The highest BCUT2D eigenvalue weighted by atomic mass is 15.0. The highest BCUT2D eigenvalue weighted by Gasteiger charge is 2.21. The molecule has 0 saturated carbocycles. The fourth-order valence-corrected chi connectivity index (χ4v) is 8.27. The Bertz CT molecular complexity index is 3180. The van der Waals surface area contributed by atoms with Crippen LogP contribution in [0.3, 0.4) is 0 Å². The van der Waals surface area contributed by atoms with Crippen molar-refractivity contribution in [3.8, 4) is 56.9 Å². The summed E-state index contributed by atoms with van der Waals surface area (Å²) < 4.78 is 4.56. The number of nitriles is 2. The zero-order chi connectivity index (χ0) is 36.2. The molecule has 0 amide bonds. The van der Waals surface area contributed by atoms with Crippen LogP contribution in [0.15, 0.2) is 182 Å². The second-order valence-electron chi connectivity index (χ2n) is 13.5. The molecule has 0 aliphatic carbocycles. The molecule has 0 fully saturated rings. The first-order valence-electron chi connectivity index (χ1n) is 18.0. The van der Waals surface area contributed by atoms with Crippen LogP contribution in [-0.4, -0.2) is 9.13 Å². The fourth-order valence-electron chi connectivity index (χ4n) is 8.27. The van der Waals surface area contributed by atoms with E-state index >= 15 is 0 Å². The van der Waals surface area contributed by atoms with E-state index in [1.165, 1.54) is 10.8 Å². The van der Waals surface area contributed by atoms with Gasteiger partial charge in [0.1, 0.15) is 6.07 Å². The van der Waals surface area contributed by atoms with E-state index in [1.54, 1.807) is 0 Å². The number of hydrogen-bond acceptors (Lipinski definition) is 2. The van der Waals surface area contributed by atoms with Crippen LogP contribution in [0.2, 0.25) is 0 Å². The van der Waals surface area contributed by atoms with Gasteiger partial charge in [0, 0.05) is 32.8 Å². The summed E-state index contributed by atoms with van der Waals surface area (Å²) in [6.45, 7) is 0. The first kappa shape index (κ1) is 31.1. The Kier molecular flexibility index (Phi) is 7.22. The predicted molar refractivity (Wildman–Crippen MR) is 221 cm³/mol. The zero-order valence-electron chi connectivity index (χ0n) is 29.1. The number of rotatable bonds is 5. The van der Waals surface area contributed by atoms with Gasteiger partial charge in [-0.25, -0.2) is 0 Å². The molecule has 8 aromatic carbocycles. The molecule has 4 heteroatoms. The lowest BCUT2D eigenvalue weighted by atomic mass is 9.88. The van der Waals surface area contributed by atoms with Gasteiger partial charge in [0.25, 0.3) is 0 Å². The van der Waals surface area contributed by atoms with Crippen molar-refractivity contribution in [2.24, 2.45) is 0 Å². The summed E-state index contributed by atoms with van der Waals surface area (Å²) >= 11 is 0. The molecule has 0 radical (unpaired) electrons. The Morgan fingerprint density at radius 1 is 0.370 bits per heavy atom. The average Bonchev–Trinajstić information content (AvgIpc) is 3.76. The van der Waals surface area contributed by atoms with Crippen LogP contribution in [-0.2, 0) is 0 Å². The van der Waals surface area contributed by atoms with E-state index in [-0.39, 0.29) is 0 Å². The minimum Gasteiger partial charge on any atom is -0.309 e. The van der Waals surface area contributed by atoms with Crippen LogP contribution in [0.5, 0.6) is 0 Å². The maximum absolute atomic E-state index is 10.1. The van der Waals surface area contributed by atoms with Gasteiger partial charge in [0.05, 0.1) is 45.0 Å². The van der Waals surface area contributed by atoms with Crippen LogP contribution in [0.1, 0.15) is 11.1 Å². The molecule has 0 spiro atoms. The molecular formula is C50H30N4. The number of nitrogens with zero attached hydrogens (tertiary/aromatic N) is 4. The molecular weight excluding hydrogens is 657 g/mol. The van der Waals surface area contributed by atoms with Gasteiger partial charge in [-0.2, -0.15) is 10.5 Å². The Balaban J connectivity index is 1.21. The van der Waals surface area contributed by atoms with Gasteiger partial charge in [-0.3, -0.25) is 0 Å². The van der Waals surface area contributed by atoms with E-state index in [1.807, 2.05) is 48.5 Å². The largest absolute Gasteiger partial charge is 0.309 e. The Labute approximate surface area is 312 Å². The summed E-state index contributed by atoms with van der Waals surface area (Å²) in [5, 5.41) is 24.3. The van der Waals surface area contributed by atoms with E-state index < -0.39 is 0 Å². The van der Waals surface area contributed by atoms with Crippen LogP contribution in [0, 0.1) is 22.7 Å². The lowest BCUT2D eigenvalue weighted by Gasteiger charge is -2.17. The van der Waals surface area contributed by atoms with Crippen molar-refractivity contribution in [3.63, 3.8) is 0 Å². The maximum Gasteiger partial charge on any atom is 0.101 e. The summed E-state index contributed by atoms with van der Waals surface area (Å²) in [7, 11) is 0. The number of fused-ring (bicyclic) bond motifs is 6. The third-order valence-corrected chi connectivity index (χ3v) is 10.6. The fraction of sp³-hybridized carbons (Fsp3) is 0. The van der Waals surface area contributed by atoms with E-state index in [0.29, 0.717) is 11.1 Å².